The summed E-state index contributed by atoms with van der Waals surface area (Å²) >= 11 is 0. The first kappa shape index (κ1) is 70.3. The third-order valence-corrected chi connectivity index (χ3v) is 13.3. The summed E-state index contributed by atoms with van der Waals surface area (Å²) < 4.78 is 16.9. The van der Waals surface area contributed by atoms with Gasteiger partial charge in [0.2, 0.25) is 0 Å². The summed E-state index contributed by atoms with van der Waals surface area (Å²) in [5.41, 5.74) is 0. The number of unbranched alkanes of at least 4 members (excludes halogenated alkanes) is 29. The molecule has 74 heavy (non-hydrogen) atoms. The molecule has 0 N–H and O–H groups in total. The van der Waals surface area contributed by atoms with Crippen molar-refractivity contribution < 1.29 is 28.6 Å². The summed E-state index contributed by atoms with van der Waals surface area (Å²) in [5, 5.41) is 0. The molecule has 0 aliphatic heterocycles. The van der Waals surface area contributed by atoms with E-state index in [2.05, 4.69) is 118 Å². The zero-order valence-electron chi connectivity index (χ0n) is 48.6. The van der Waals surface area contributed by atoms with Gasteiger partial charge >= 0.3 is 17.9 Å². The van der Waals surface area contributed by atoms with Crippen LogP contribution in [0.4, 0.5) is 0 Å². The minimum atomic E-state index is -0.801. The maximum atomic E-state index is 12.9. The van der Waals surface area contributed by atoms with Crippen LogP contribution in [0.2, 0.25) is 0 Å². The third-order valence-electron chi connectivity index (χ3n) is 13.3. The number of esters is 3. The van der Waals surface area contributed by atoms with Gasteiger partial charge in [-0.15, -0.1) is 0 Å². The van der Waals surface area contributed by atoms with Crippen LogP contribution >= 0.6 is 0 Å². The molecule has 0 aromatic heterocycles. The Morgan fingerprint density at radius 1 is 0.284 bits per heavy atom. The van der Waals surface area contributed by atoms with Crippen LogP contribution in [0.15, 0.2) is 97.2 Å². The lowest BCUT2D eigenvalue weighted by Crippen LogP contribution is -2.30. The standard InChI is InChI=1S/C68H116O6/c1-4-7-10-13-16-19-22-25-27-29-31-33-34-36-37-39-41-43-46-49-52-55-58-61-67(70)73-64-65(63-72-66(69)60-57-54-51-48-45-24-21-18-15-12-9-6-3)74-68(71)62-59-56-53-50-47-44-42-40-38-35-32-30-28-26-23-20-17-14-11-8-5-2/h8,11,17,20,22,25-26,28-29,31-32,35,40,42,47,50,65H,4-7,9-10,12-16,18-19,21,23-24,27,30,33-34,36-39,41,43-46,48-49,51-64H2,1-3H3/b11-8-,20-17-,25-22-,28-26-,31-29-,35-32-,42-40-,50-47-. The van der Waals surface area contributed by atoms with Crippen molar-refractivity contribution in [3.63, 3.8) is 0 Å². The van der Waals surface area contributed by atoms with Gasteiger partial charge in [-0.05, 0) is 103 Å². The Bertz CT molecular complexity index is 1460. The predicted octanol–water partition coefficient (Wildman–Crippen LogP) is 21.3. The van der Waals surface area contributed by atoms with Crippen LogP contribution in [0, 0.1) is 0 Å². The fraction of sp³-hybridized carbons (Fsp3) is 0.721. The summed E-state index contributed by atoms with van der Waals surface area (Å²) in [5.74, 6) is -0.932. The molecular weight excluding hydrogens is 913 g/mol. The van der Waals surface area contributed by atoms with E-state index in [-0.39, 0.29) is 37.5 Å². The van der Waals surface area contributed by atoms with Crippen molar-refractivity contribution in [2.45, 2.75) is 303 Å². The average Bonchev–Trinajstić information content (AvgIpc) is 3.40. The van der Waals surface area contributed by atoms with Gasteiger partial charge in [-0.3, -0.25) is 14.4 Å². The minimum absolute atomic E-state index is 0.0938. The Balaban J connectivity index is 4.39. The van der Waals surface area contributed by atoms with Crippen LogP contribution < -0.4 is 0 Å². The first-order valence-electron chi connectivity index (χ1n) is 31.2. The molecule has 6 heteroatoms. The van der Waals surface area contributed by atoms with Crippen LogP contribution in [-0.4, -0.2) is 37.2 Å². The molecule has 0 amide bonds. The third kappa shape index (κ3) is 59.2. The number of hydrogen-bond donors (Lipinski definition) is 0. The molecule has 0 heterocycles. The number of carbonyl (C=O) groups is 3. The van der Waals surface area contributed by atoms with Crippen molar-refractivity contribution in [2.24, 2.45) is 0 Å². The second-order valence-corrected chi connectivity index (χ2v) is 20.6. The molecule has 0 spiro atoms. The second kappa shape index (κ2) is 61.9. The quantitative estimate of drug-likeness (QED) is 0.0261. The minimum Gasteiger partial charge on any atom is -0.462 e. The van der Waals surface area contributed by atoms with Gasteiger partial charge in [0.05, 0.1) is 0 Å². The van der Waals surface area contributed by atoms with E-state index in [0.29, 0.717) is 19.3 Å². The van der Waals surface area contributed by atoms with Crippen molar-refractivity contribution in [2.75, 3.05) is 13.2 Å². The van der Waals surface area contributed by atoms with Gasteiger partial charge < -0.3 is 14.2 Å². The average molecular weight is 1030 g/mol. The molecule has 1 unspecified atom stereocenters. The summed E-state index contributed by atoms with van der Waals surface area (Å²) in [7, 11) is 0. The maximum Gasteiger partial charge on any atom is 0.306 e. The highest BCUT2D eigenvalue weighted by Gasteiger charge is 2.19. The molecule has 0 aromatic rings. The van der Waals surface area contributed by atoms with Gasteiger partial charge in [0.15, 0.2) is 6.10 Å². The molecule has 0 aromatic carbocycles. The maximum absolute atomic E-state index is 12.9. The topological polar surface area (TPSA) is 78.9 Å². The van der Waals surface area contributed by atoms with Crippen LogP contribution in [0.25, 0.3) is 0 Å². The van der Waals surface area contributed by atoms with E-state index in [1.54, 1.807) is 0 Å². The monoisotopic (exact) mass is 1030 g/mol. The van der Waals surface area contributed by atoms with Gasteiger partial charge in [0.25, 0.3) is 0 Å². The molecule has 1 atom stereocenters. The van der Waals surface area contributed by atoms with Crippen molar-refractivity contribution in [3.05, 3.63) is 97.2 Å². The Hall–Kier alpha value is -3.67. The van der Waals surface area contributed by atoms with Crippen molar-refractivity contribution in [1.82, 2.24) is 0 Å². The predicted molar refractivity (Wildman–Crippen MR) is 320 cm³/mol. The Kier molecular flexibility index (Phi) is 58.8. The highest BCUT2D eigenvalue weighted by atomic mass is 16.6. The van der Waals surface area contributed by atoms with Crippen LogP contribution in [-0.2, 0) is 28.6 Å². The van der Waals surface area contributed by atoms with Gasteiger partial charge in [0.1, 0.15) is 13.2 Å². The van der Waals surface area contributed by atoms with E-state index in [1.807, 2.05) is 0 Å². The summed E-state index contributed by atoms with van der Waals surface area (Å²) in [4.78, 5) is 38.2. The smallest absolute Gasteiger partial charge is 0.306 e. The molecule has 0 aliphatic carbocycles. The highest BCUT2D eigenvalue weighted by Crippen LogP contribution is 2.16. The van der Waals surface area contributed by atoms with E-state index >= 15 is 0 Å². The largest absolute Gasteiger partial charge is 0.462 e. The van der Waals surface area contributed by atoms with E-state index in [4.69, 9.17) is 14.2 Å². The van der Waals surface area contributed by atoms with Crippen LogP contribution in [0.3, 0.4) is 0 Å². The number of rotatable bonds is 56. The summed E-state index contributed by atoms with van der Waals surface area (Å²) in [6, 6.07) is 0. The Morgan fingerprint density at radius 2 is 0.527 bits per heavy atom. The molecule has 6 nitrogen and oxygen atoms in total. The molecule has 0 bridgehead atoms. The Morgan fingerprint density at radius 3 is 0.851 bits per heavy atom. The van der Waals surface area contributed by atoms with Gasteiger partial charge in [-0.2, -0.15) is 0 Å². The normalized spacial score (nSPS) is 12.7. The number of carbonyl (C=O) groups excluding carboxylic acids is 3. The van der Waals surface area contributed by atoms with E-state index < -0.39 is 6.10 Å². The van der Waals surface area contributed by atoms with Gasteiger partial charge in [-0.25, -0.2) is 0 Å². The SMILES string of the molecule is CC/C=C\C/C=C\C/C=C\C/C=C\C/C=C\C/C=C\CCCCC(=O)OC(COC(=O)CCCCCCCCCCCCCC)COC(=O)CCCCCCCCCCCCC/C=C\C/C=C\CCCCCCC. The van der Waals surface area contributed by atoms with Crippen molar-refractivity contribution in [1.29, 1.82) is 0 Å². The molecule has 0 saturated carbocycles. The van der Waals surface area contributed by atoms with Crippen molar-refractivity contribution in [3.8, 4) is 0 Å². The fourth-order valence-electron chi connectivity index (χ4n) is 8.65. The fourth-order valence-corrected chi connectivity index (χ4v) is 8.65. The number of hydrogen-bond acceptors (Lipinski definition) is 6. The van der Waals surface area contributed by atoms with Crippen LogP contribution in [0.5, 0.6) is 0 Å². The molecule has 0 rings (SSSR count). The summed E-state index contributed by atoms with van der Waals surface area (Å²) in [6.07, 6.45) is 82.7. The zero-order valence-corrected chi connectivity index (χ0v) is 48.6. The van der Waals surface area contributed by atoms with E-state index in [9.17, 15) is 14.4 Å². The van der Waals surface area contributed by atoms with Crippen LogP contribution in [0.1, 0.15) is 297 Å². The Labute approximate surface area is 457 Å². The number of ether oxygens (including phenoxy) is 3. The lowest BCUT2D eigenvalue weighted by atomic mass is 10.0. The second-order valence-electron chi connectivity index (χ2n) is 20.6. The molecule has 0 saturated heterocycles. The molecule has 0 radical (unpaired) electrons. The van der Waals surface area contributed by atoms with Gasteiger partial charge in [-0.1, -0.05) is 272 Å². The zero-order chi connectivity index (χ0) is 53.6. The van der Waals surface area contributed by atoms with Gasteiger partial charge in [0, 0.05) is 19.3 Å². The lowest BCUT2D eigenvalue weighted by molar-refractivity contribution is -0.167. The van der Waals surface area contributed by atoms with Crippen molar-refractivity contribution >= 4 is 17.9 Å². The van der Waals surface area contributed by atoms with E-state index in [0.717, 1.165) is 96.3 Å². The first-order chi connectivity index (χ1) is 36.5. The molecule has 424 valence electrons. The van der Waals surface area contributed by atoms with E-state index in [1.165, 1.54) is 154 Å². The highest BCUT2D eigenvalue weighted by molar-refractivity contribution is 5.71. The lowest BCUT2D eigenvalue weighted by Gasteiger charge is -2.18. The molecular formula is C68H116O6. The molecule has 0 aliphatic rings. The summed E-state index contributed by atoms with van der Waals surface area (Å²) in [6.45, 7) is 6.50. The molecule has 0 fully saturated rings. The number of allylic oxidation sites excluding steroid dienone is 16. The first-order valence-corrected chi connectivity index (χ1v) is 31.2.